The predicted octanol–water partition coefficient (Wildman–Crippen LogP) is 1.06. The number of nitrogens with one attached hydrogen (secondary N) is 2. The minimum atomic E-state index is -0.729. The van der Waals surface area contributed by atoms with Crippen LogP contribution in [0.25, 0.3) is 0 Å². The number of amides is 1. The number of ether oxygens (including phenoxy) is 1. The van der Waals surface area contributed by atoms with Crippen molar-refractivity contribution in [2.45, 2.75) is 25.0 Å². The quantitative estimate of drug-likeness (QED) is 0.722. The van der Waals surface area contributed by atoms with Gasteiger partial charge in [0.25, 0.3) is 0 Å². The van der Waals surface area contributed by atoms with E-state index in [4.69, 9.17) is 4.74 Å². The highest BCUT2D eigenvalue weighted by Gasteiger charge is 2.22. The Balaban J connectivity index is 1.69. The van der Waals surface area contributed by atoms with Crippen LogP contribution in [0.3, 0.4) is 0 Å². The Morgan fingerprint density at radius 1 is 1.55 bits per heavy atom. The van der Waals surface area contributed by atoms with Crippen molar-refractivity contribution >= 4 is 21.8 Å². The highest BCUT2D eigenvalue weighted by molar-refractivity contribution is 9.10. The van der Waals surface area contributed by atoms with Crippen LogP contribution in [0.1, 0.15) is 12.8 Å². The molecule has 1 aliphatic heterocycles. The van der Waals surface area contributed by atoms with Gasteiger partial charge in [-0.1, -0.05) is 12.1 Å². The number of carbonyl (C=O) groups is 1. The molecule has 1 fully saturated rings. The molecular weight excluding hydrogens is 324 g/mol. The van der Waals surface area contributed by atoms with E-state index in [0.717, 1.165) is 23.9 Å². The molecule has 1 aromatic carbocycles. The lowest BCUT2D eigenvalue weighted by Crippen LogP contribution is -2.44. The number of aliphatic hydroxyl groups excluding tert-OH is 1. The van der Waals surface area contributed by atoms with Crippen molar-refractivity contribution in [2.24, 2.45) is 0 Å². The second-order valence-electron chi connectivity index (χ2n) is 4.79. The Bertz CT molecular complexity index is 450. The first kappa shape index (κ1) is 15.3. The molecule has 1 aromatic rings. The SMILES string of the molecule is O=C(NCC(O)COc1ccccc1Br)[C@@H]1CCCN1. The van der Waals surface area contributed by atoms with Crippen molar-refractivity contribution in [1.82, 2.24) is 10.6 Å². The summed E-state index contributed by atoms with van der Waals surface area (Å²) in [5.74, 6) is 0.623. The summed E-state index contributed by atoms with van der Waals surface area (Å²) >= 11 is 3.37. The summed E-state index contributed by atoms with van der Waals surface area (Å²) in [6.07, 6.45) is 1.15. The Hall–Kier alpha value is -1.11. The van der Waals surface area contributed by atoms with E-state index in [0.29, 0.717) is 5.75 Å². The summed E-state index contributed by atoms with van der Waals surface area (Å²) in [5.41, 5.74) is 0. The molecule has 3 N–H and O–H groups in total. The van der Waals surface area contributed by atoms with Crippen LogP contribution in [0.4, 0.5) is 0 Å². The summed E-state index contributed by atoms with van der Waals surface area (Å²) in [4.78, 5) is 11.7. The molecule has 0 spiro atoms. The number of halogens is 1. The van der Waals surface area contributed by atoms with Gasteiger partial charge in [-0.2, -0.15) is 0 Å². The maximum Gasteiger partial charge on any atom is 0.237 e. The van der Waals surface area contributed by atoms with E-state index in [1.165, 1.54) is 0 Å². The van der Waals surface area contributed by atoms with Crippen LogP contribution >= 0.6 is 15.9 Å². The monoisotopic (exact) mass is 342 g/mol. The molecule has 2 rings (SSSR count). The molecule has 110 valence electrons. The Morgan fingerprint density at radius 2 is 2.35 bits per heavy atom. The van der Waals surface area contributed by atoms with Gasteiger partial charge in [0.15, 0.2) is 0 Å². The number of hydrogen-bond donors (Lipinski definition) is 3. The number of hydrogen-bond acceptors (Lipinski definition) is 4. The first-order chi connectivity index (χ1) is 9.66. The van der Waals surface area contributed by atoms with Crippen LogP contribution in [-0.2, 0) is 4.79 Å². The predicted molar refractivity (Wildman–Crippen MR) is 79.7 cm³/mol. The summed E-state index contributed by atoms with van der Waals surface area (Å²) in [6, 6.07) is 7.32. The molecule has 1 saturated heterocycles. The zero-order valence-electron chi connectivity index (χ0n) is 11.1. The smallest absolute Gasteiger partial charge is 0.237 e. The molecular formula is C14H19BrN2O3. The van der Waals surface area contributed by atoms with Gasteiger partial charge in [0, 0.05) is 6.54 Å². The topological polar surface area (TPSA) is 70.6 Å². The van der Waals surface area contributed by atoms with Crippen molar-refractivity contribution in [1.29, 1.82) is 0 Å². The summed E-state index contributed by atoms with van der Waals surface area (Å²) in [7, 11) is 0. The first-order valence-corrected chi connectivity index (χ1v) is 7.52. The molecule has 5 nitrogen and oxygen atoms in total. The molecule has 0 bridgehead atoms. The van der Waals surface area contributed by atoms with E-state index in [-0.39, 0.29) is 25.1 Å². The Labute approximate surface area is 126 Å². The lowest BCUT2D eigenvalue weighted by molar-refractivity contribution is -0.123. The first-order valence-electron chi connectivity index (χ1n) is 6.73. The second-order valence-corrected chi connectivity index (χ2v) is 5.64. The molecule has 6 heteroatoms. The third-order valence-corrected chi connectivity index (χ3v) is 3.81. The fraction of sp³-hybridized carbons (Fsp3) is 0.500. The normalized spacial score (nSPS) is 19.6. The third kappa shape index (κ3) is 4.47. The third-order valence-electron chi connectivity index (χ3n) is 3.16. The number of para-hydroxylation sites is 1. The average molecular weight is 343 g/mol. The van der Waals surface area contributed by atoms with Gasteiger partial charge in [-0.05, 0) is 47.4 Å². The van der Waals surface area contributed by atoms with Crippen LogP contribution in [0.5, 0.6) is 5.75 Å². The number of aliphatic hydroxyl groups is 1. The highest BCUT2D eigenvalue weighted by atomic mass is 79.9. The zero-order valence-corrected chi connectivity index (χ0v) is 12.7. The van der Waals surface area contributed by atoms with Gasteiger partial charge in [-0.15, -0.1) is 0 Å². The summed E-state index contributed by atoms with van der Waals surface area (Å²) < 4.78 is 6.33. The lowest BCUT2D eigenvalue weighted by Gasteiger charge is -2.16. The van der Waals surface area contributed by atoms with Crippen LogP contribution in [0.2, 0.25) is 0 Å². The fourth-order valence-corrected chi connectivity index (χ4v) is 2.46. The van der Waals surface area contributed by atoms with Gasteiger partial charge in [0.2, 0.25) is 5.91 Å². The standard InChI is InChI=1S/C14H19BrN2O3/c15-11-4-1-2-6-13(11)20-9-10(18)8-17-14(19)12-5-3-7-16-12/h1-2,4,6,10,12,16,18H,3,5,7-9H2,(H,17,19)/t10?,12-/m0/s1. The van der Waals surface area contributed by atoms with E-state index in [1.54, 1.807) is 0 Å². The molecule has 1 amide bonds. The van der Waals surface area contributed by atoms with E-state index >= 15 is 0 Å². The lowest BCUT2D eigenvalue weighted by atomic mass is 10.2. The molecule has 0 saturated carbocycles. The van der Waals surface area contributed by atoms with E-state index in [1.807, 2.05) is 24.3 Å². The average Bonchev–Trinajstić information content (AvgIpc) is 2.98. The summed E-state index contributed by atoms with van der Waals surface area (Å²) in [5, 5.41) is 15.7. The van der Waals surface area contributed by atoms with E-state index in [2.05, 4.69) is 26.6 Å². The Kier molecular flexibility index (Phi) is 5.82. The van der Waals surface area contributed by atoms with Crippen LogP contribution < -0.4 is 15.4 Å². The van der Waals surface area contributed by atoms with Crippen LogP contribution in [0.15, 0.2) is 28.7 Å². The van der Waals surface area contributed by atoms with Crippen molar-refractivity contribution < 1.29 is 14.6 Å². The largest absolute Gasteiger partial charge is 0.490 e. The molecule has 1 aliphatic rings. The minimum absolute atomic E-state index is 0.0533. The summed E-state index contributed by atoms with van der Waals surface area (Å²) in [6.45, 7) is 1.22. The highest BCUT2D eigenvalue weighted by Crippen LogP contribution is 2.23. The van der Waals surface area contributed by atoms with Gasteiger partial charge in [-0.3, -0.25) is 4.79 Å². The van der Waals surface area contributed by atoms with Crippen molar-refractivity contribution in [2.75, 3.05) is 19.7 Å². The van der Waals surface area contributed by atoms with Crippen molar-refractivity contribution in [3.05, 3.63) is 28.7 Å². The Morgan fingerprint density at radius 3 is 3.05 bits per heavy atom. The van der Waals surface area contributed by atoms with E-state index < -0.39 is 6.10 Å². The van der Waals surface area contributed by atoms with Gasteiger partial charge >= 0.3 is 0 Å². The van der Waals surface area contributed by atoms with E-state index in [9.17, 15) is 9.90 Å². The molecule has 20 heavy (non-hydrogen) atoms. The fourth-order valence-electron chi connectivity index (χ4n) is 2.06. The van der Waals surface area contributed by atoms with Gasteiger partial charge in [0.05, 0.1) is 10.5 Å². The maximum atomic E-state index is 11.7. The second kappa shape index (κ2) is 7.61. The number of carbonyl (C=O) groups excluding carboxylic acids is 1. The molecule has 1 unspecified atom stereocenters. The minimum Gasteiger partial charge on any atom is -0.490 e. The van der Waals surface area contributed by atoms with Crippen molar-refractivity contribution in [3.8, 4) is 5.75 Å². The molecule has 0 aliphatic carbocycles. The molecule has 2 atom stereocenters. The van der Waals surface area contributed by atoms with Gasteiger partial charge in [-0.25, -0.2) is 0 Å². The maximum absolute atomic E-state index is 11.7. The van der Waals surface area contributed by atoms with Gasteiger partial charge in [0.1, 0.15) is 18.5 Å². The molecule has 0 aromatic heterocycles. The van der Waals surface area contributed by atoms with Crippen molar-refractivity contribution in [3.63, 3.8) is 0 Å². The zero-order chi connectivity index (χ0) is 14.4. The molecule has 1 heterocycles. The number of rotatable bonds is 6. The molecule has 0 radical (unpaired) electrons. The van der Waals surface area contributed by atoms with Gasteiger partial charge < -0.3 is 20.5 Å². The number of benzene rings is 1. The van der Waals surface area contributed by atoms with Crippen LogP contribution in [-0.4, -0.2) is 42.9 Å². The van der Waals surface area contributed by atoms with Crippen LogP contribution in [0, 0.1) is 0 Å².